The monoisotopic (exact) mass is 328 g/mol. The lowest BCUT2D eigenvalue weighted by atomic mass is 10.1. The lowest BCUT2D eigenvalue weighted by molar-refractivity contribution is 0.280. The average Bonchev–Trinajstić information content (AvgIpc) is 3.29. The van der Waals surface area contributed by atoms with Gasteiger partial charge in [0.15, 0.2) is 11.6 Å². The molecular formula is C17H17FN4O2. The van der Waals surface area contributed by atoms with Gasteiger partial charge in [0.2, 0.25) is 11.8 Å². The molecule has 0 N–H and O–H groups in total. The van der Waals surface area contributed by atoms with Crippen molar-refractivity contribution in [3.63, 3.8) is 0 Å². The maximum absolute atomic E-state index is 13.8. The maximum atomic E-state index is 13.8. The minimum absolute atomic E-state index is 0.243. The second-order valence-corrected chi connectivity index (χ2v) is 6.00. The van der Waals surface area contributed by atoms with Crippen LogP contribution in [0.25, 0.3) is 11.3 Å². The van der Waals surface area contributed by atoms with E-state index in [-0.39, 0.29) is 11.7 Å². The lowest BCUT2D eigenvalue weighted by Crippen LogP contribution is -2.20. The number of oxazole rings is 1. The van der Waals surface area contributed by atoms with Gasteiger partial charge in [-0.1, -0.05) is 17.3 Å². The van der Waals surface area contributed by atoms with Crippen molar-refractivity contribution in [1.82, 2.24) is 20.0 Å². The highest BCUT2D eigenvalue weighted by Gasteiger charge is 2.29. The molecule has 0 spiro atoms. The Morgan fingerprint density at radius 1 is 1.33 bits per heavy atom. The smallest absolute Gasteiger partial charge is 0.231 e. The van der Waals surface area contributed by atoms with Crippen LogP contribution >= 0.6 is 0 Å². The fourth-order valence-electron chi connectivity index (χ4n) is 3.02. The summed E-state index contributed by atoms with van der Waals surface area (Å²) in [5, 5.41) is 3.84. The molecule has 1 unspecified atom stereocenters. The molecule has 3 heterocycles. The van der Waals surface area contributed by atoms with Crippen LogP contribution in [0.4, 0.5) is 4.39 Å². The van der Waals surface area contributed by atoms with Gasteiger partial charge in [-0.3, -0.25) is 4.90 Å². The van der Waals surface area contributed by atoms with Crippen molar-refractivity contribution in [2.75, 3.05) is 13.1 Å². The summed E-state index contributed by atoms with van der Waals surface area (Å²) in [6, 6.07) is 6.52. The molecule has 2 aromatic heterocycles. The van der Waals surface area contributed by atoms with Gasteiger partial charge >= 0.3 is 0 Å². The highest BCUT2D eigenvalue weighted by molar-refractivity contribution is 5.56. The number of hydrogen-bond donors (Lipinski definition) is 0. The minimum Gasteiger partial charge on any atom is -0.439 e. The maximum Gasteiger partial charge on any atom is 0.231 e. The molecule has 24 heavy (non-hydrogen) atoms. The normalized spacial score (nSPS) is 18.3. The van der Waals surface area contributed by atoms with Crippen LogP contribution in [-0.2, 0) is 6.54 Å². The zero-order valence-electron chi connectivity index (χ0n) is 13.3. The van der Waals surface area contributed by atoms with Crippen molar-refractivity contribution in [3.8, 4) is 11.3 Å². The van der Waals surface area contributed by atoms with Gasteiger partial charge in [0.25, 0.3) is 0 Å². The van der Waals surface area contributed by atoms with Gasteiger partial charge in [0.05, 0.1) is 24.2 Å². The third-order valence-electron chi connectivity index (χ3n) is 4.22. The second-order valence-electron chi connectivity index (χ2n) is 6.00. The summed E-state index contributed by atoms with van der Waals surface area (Å²) in [6.07, 6.45) is 2.53. The third-order valence-corrected chi connectivity index (χ3v) is 4.22. The molecule has 1 aliphatic rings. The lowest BCUT2D eigenvalue weighted by Gasteiger charge is -2.12. The van der Waals surface area contributed by atoms with E-state index >= 15 is 0 Å². The number of aromatic nitrogens is 3. The topological polar surface area (TPSA) is 68.2 Å². The largest absolute Gasteiger partial charge is 0.439 e. The Kier molecular flexibility index (Phi) is 3.86. The van der Waals surface area contributed by atoms with Crippen LogP contribution in [0.2, 0.25) is 0 Å². The predicted molar refractivity (Wildman–Crippen MR) is 83.6 cm³/mol. The molecule has 1 aliphatic heterocycles. The van der Waals surface area contributed by atoms with Crippen molar-refractivity contribution < 1.29 is 13.3 Å². The van der Waals surface area contributed by atoms with Gasteiger partial charge in [-0.2, -0.15) is 4.98 Å². The van der Waals surface area contributed by atoms with Gasteiger partial charge in [-0.25, -0.2) is 9.37 Å². The van der Waals surface area contributed by atoms with Crippen molar-refractivity contribution in [2.45, 2.75) is 25.8 Å². The number of hydrogen-bond acceptors (Lipinski definition) is 6. The van der Waals surface area contributed by atoms with Crippen LogP contribution in [0.15, 0.2) is 39.4 Å². The molecule has 4 rings (SSSR count). The van der Waals surface area contributed by atoms with E-state index < -0.39 is 0 Å². The van der Waals surface area contributed by atoms with Crippen molar-refractivity contribution >= 4 is 0 Å². The Morgan fingerprint density at radius 2 is 2.21 bits per heavy atom. The quantitative estimate of drug-likeness (QED) is 0.733. The molecule has 7 heteroatoms. The van der Waals surface area contributed by atoms with E-state index in [1.54, 1.807) is 24.4 Å². The number of halogens is 1. The molecule has 1 atom stereocenters. The van der Waals surface area contributed by atoms with Crippen LogP contribution in [0.1, 0.15) is 29.9 Å². The highest BCUT2D eigenvalue weighted by atomic mass is 19.1. The van der Waals surface area contributed by atoms with Crippen LogP contribution in [0.3, 0.4) is 0 Å². The molecule has 0 radical (unpaired) electrons. The number of nitrogens with zero attached hydrogens (tertiary/aromatic N) is 4. The van der Waals surface area contributed by atoms with E-state index in [4.69, 9.17) is 8.94 Å². The summed E-state index contributed by atoms with van der Waals surface area (Å²) >= 11 is 0. The molecular weight excluding hydrogens is 311 g/mol. The first-order valence-electron chi connectivity index (χ1n) is 7.91. The Bertz CT molecular complexity index is 844. The molecule has 1 fully saturated rings. The zero-order chi connectivity index (χ0) is 16.5. The highest BCUT2D eigenvalue weighted by Crippen LogP contribution is 2.28. The van der Waals surface area contributed by atoms with E-state index in [0.29, 0.717) is 35.5 Å². The number of benzene rings is 1. The second kappa shape index (κ2) is 6.16. The Hall–Kier alpha value is -2.54. The standard InChI is InChI=1S/C17H17FN4O2/c1-11-20-17(24-21-11)12-6-7-22(9-12)10-16-19-8-15(23-16)13-4-2-3-5-14(13)18/h2-5,8,12H,6-7,9-10H2,1H3. The first-order valence-corrected chi connectivity index (χ1v) is 7.91. The number of rotatable bonds is 4. The van der Waals surface area contributed by atoms with E-state index in [0.717, 1.165) is 19.5 Å². The molecule has 1 saturated heterocycles. The van der Waals surface area contributed by atoms with Gasteiger partial charge in [0, 0.05) is 6.54 Å². The molecule has 0 saturated carbocycles. The van der Waals surface area contributed by atoms with Gasteiger partial charge < -0.3 is 8.94 Å². The Balaban J connectivity index is 1.43. The summed E-state index contributed by atoms with van der Waals surface area (Å²) in [7, 11) is 0. The Labute approximate surface area is 138 Å². The van der Waals surface area contributed by atoms with Crippen molar-refractivity contribution in [1.29, 1.82) is 0 Å². The molecule has 124 valence electrons. The minimum atomic E-state index is -0.312. The predicted octanol–water partition coefficient (Wildman–Crippen LogP) is 3.16. The molecule has 0 amide bonds. The number of aryl methyl sites for hydroxylation is 1. The molecule has 0 bridgehead atoms. The van der Waals surface area contributed by atoms with Gasteiger partial charge in [-0.05, 0) is 32.0 Å². The fraction of sp³-hybridized carbons (Fsp3) is 0.353. The Morgan fingerprint density at radius 3 is 3.00 bits per heavy atom. The van der Waals surface area contributed by atoms with Crippen molar-refractivity contribution in [3.05, 3.63) is 53.9 Å². The summed E-state index contributed by atoms with van der Waals surface area (Å²) in [6.45, 7) is 4.12. The van der Waals surface area contributed by atoms with E-state index in [2.05, 4.69) is 20.0 Å². The van der Waals surface area contributed by atoms with Crippen LogP contribution in [0, 0.1) is 12.7 Å². The first-order chi connectivity index (χ1) is 11.7. The summed E-state index contributed by atoms with van der Waals surface area (Å²) in [5.41, 5.74) is 0.428. The third kappa shape index (κ3) is 2.94. The SMILES string of the molecule is Cc1noc(C2CCN(Cc3ncc(-c4ccccc4F)o3)C2)n1. The summed E-state index contributed by atoms with van der Waals surface area (Å²) < 4.78 is 24.8. The van der Waals surface area contributed by atoms with Crippen molar-refractivity contribution in [2.24, 2.45) is 0 Å². The molecule has 6 nitrogen and oxygen atoms in total. The van der Waals surface area contributed by atoms with Crippen LogP contribution in [0.5, 0.6) is 0 Å². The fourth-order valence-corrected chi connectivity index (χ4v) is 3.02. The van der Waals surface area contributed by atoms with Gasteiger partial charge in [-0.15, -0.1) is 0 Å². The number of likely N-dealkylation sites (tertiary alicyclic amines) is 1. The van der Waals surface area contributed by atoms with Crippen LogP contribution in [-0.4, -0.2) is 33.1 Å². The van der Waals surface area contributed by atoms with E-state index in [1.165, 1.54) is 6.07 Å². The summed E-state index contributed by atoms with van der Waals surface area (Å²) in [5.74, 6) is 2.31. The van der Waals surface area contributed by atoms with E-state index in [9.17, 15) is 4.39 Å². The van der Waals surface area contributed by atoms with Gasteiger partial charge in [0.1, 0.15) is 5.82 Å². The van der Waals surface area contributed by atoms with Crippen LogP contribution < -0.4 is 0 Å². The van der Waals surface area contributed by atoms with E-state index in [1.807, 2.05) is 6.92 Å². The first kappa shape index (κ1) is 15.0. The summed E-state index contributed by atoms with van der Waals surface area (Å²) in [4.78, 5) is 10.8. The average molecular weight is 328 g/mol. The molecule has 3 aromatic rings. The molecule has 0 aliphatic carbocycles. The zero-order valence-corrected chi connectivity index (χ0v) is 13.3. The molecule has 1 aromatic carbocycles.